The van der Waals surface area contributed by atoms with Crippen molar-refractivity contribution in [2.75, 3.05) is 6.54 Å². The maximum absolute atomic E-state index is 12.7. The highest BCUT2D eigenvalue weighted by Gasteiger charge is 2.24. The molecule has 5 nitrogen and oxygen atoms in total. The summed E-state index contributed by atoms with van der Waals surface area (Å²) in [6.45, 7) is 2.31. The zero-order chi connectivity index (χ0) is 21.5. The van der Waals surface area contributed by atoms with Gasteiger partial charge >= 0.3 is 0 Å². The van der Waals surface area contributed by atoms with Crippen LogP contribution in [-0.2, 0) is 19.5 Å². The minimum atomic E-state index is -0.00452. The summed E-state index contributed by atoms with van der Waals surface area (Å²) in [6.07, 6.45) is 0.714. The van der Waals surface area contributed by atoms with Crippen molar-refractivity contribution in [1.29, 1.82) is 0 Å². The third-order valence-corrected chi connectivity index (χ3v) is 7.04. The van der Waals surface area contributed by atoms with Crippen molar-refractivity contribution in [3.63, 3.8) is 0 Å². The van der Waals surface area contributed by atoms with Gasteiger partial charge in [-0.2, -0.15) is 0 Å². The van der Waals surface area contributed by atoms with E-state index in [2.05, 4.69) is 63.4 Å². The van der Waals surface area contributed by atoms with E-state index in [4.69, 9.17) is 4.98 Å². The molecule has 2 aromatic carbocycles. The number of para-hydroxylation sites is 1. The first-order valence-electron chi connectivity index (χ1n) is 10.8. The van der Waals surface area contributed by atoms with Crippen LogP contribution in [0.15, 0.2) is 76.9 Å². The van der Waals surface area contributed by atoms with Gasteiger partial charge in [-0.25, -0.2) is 4.98 Å². The van der Waals surface area contributed by atoms with Gasteiger partial charge in [-0.3, -0.25) is 9.69 Å². The Kier molecular flexibility index (Phi) is 4.74. The molecule has 0 fully saturated rings. The third kappa shape index (κ3) is 3.38. The molecule has 0 amide bonds. The average molecular weight is 439 g/mol. The lowest BCUT2D eigenvalue weighted by Gasteiger charge is -2.28. The normalized spacial score (nSPS) is 14.0. The summed E-state index contributed by atoms with van der Waals surface area (Å²) in [5.41, 5.74) is 6.50. The number of hydrogen-bond donors (Lipinski definition) is 2. The Labute approximate surface area is 189 Å². The van der Waals surface area contributed by atoms with Gasteiger partial charge in [0.05, 0.1) is 16.3 Å². The molecule has 32 heavy (non-hydrogen) atoms. The monoisotopic (exact) mass is 438 g/mol. The Morgan fingerprint density at radius 3 is 2.66 bits per heavy atom. The summed E-state index contributed by atoms with van der Waals surface area (Å²) in [6, 6.07) is 22.9. The number of fused-ring (bicyclic) bond motifs is 2. The van der Waals surface area contributed by atoms with E-state index in [0.717, 1.165) is 40.4 Å². The summed E-state index contributed by atoms with van der Waals surface area (Å²) >= 11 is 1.59. The number of rotatable bonds is 4. The lowest BCUT2D eigenvalue weighted by atomic mass is 10.0. The third-order valence-electron chi connectivity index (χ3n) is 6.16. The van der Waals surface area contributed by atoms with Crippen molar-refractivity contribution in [1.82, 2.24) is 19.9 Å². The van der Waals surface area contributed by atoms with Crippen LogP contribution in [0, 0.1) is 0 Å². The average Bonchev–Trinajstić information content (AvgIpc) is 3.48. The smallest absolute Gasteiger partial charge is 0.254 e. The van der Waals surface area contributed by atoms with Crippen molar-refractivity contribution in [3.8, 4) is 22.0 Å². The maximum Gasteiger partial charge on any atom is 0.254 e. The summed E-state index contributed by atoms with van der Waals surface area (Å²) in [4.78, 5) is 27.5. The molecular formula is C26H22N4OS. The maximum atomic E-state index is 12.7. The van der Waals surface area contributed by atoms with Crippen LogP contribution in [0.3, 0.4) is 0 Å². The van der Waals surface area contributed by atoms with Gasteiger partial charge in [-0.15, -0.1) is 11.3 Å². The van der Waals surface area contributed by atoms with Crippen LogP contribution in [0.4, 0.5) is 0 Å². The minimum absolute atomic E-state index is 0.00452. The van der Waals surface area contributed by atoms with E-state index in [1.807, 2.05) is 23.6 Å². The Morgan fingerprint density at radius 1 is 0.969 bits per heavy atom. The van der Waals surface area contributed by atoms with E-state index in [0.29, 0.717) is 18.8 Å². The number of H-pyrrole nitrogens is 2. The highest BCUT2D eigenvalue weighted by Crippen LogP contribution is 2.32. The fraction of sp³-hybridized carbons (Fsp3) is 0.154. The molecule has 0 spiro atoms. The quantitative estimate of drug-likeness (QED) is 0.405. The zero-order valence-electron chi connectivity index (χ0n) is 17.5. The van der Waals surface area contributed by atoms with Crippen LogP contribution in [0.25, 0.3) is 32.9 Å². The molecular weight excluding hydrogens is 416 g/mol. The molecule has 2 N–H and O–H groups in total. The fourth-order valence-electron chi connectivity index (χ4n) is 4.60. The molecule has 0 bridgehead atoms. The standard InChI is InChI=1S/C26H22N4OS/c31-26-19-12-13-30(16-22(19)28-25(29-26)23-11-6-14-32-23)15-20-18-9-4-5-10-21(18)27-24(20)17-7-2-1-3-8-17/h1-11,14,27H,12-13,15-16H2,(H,28,29,31). The van der Waals surface area contributed by atoms with Gasteiger partial charge in [0.1, 0.15) is 0 Å². The van der Waals surface area contributed by atoms with Gasteiger partial charge in [0.25, 0.3) is 5.56 Å². The van der Waals surface area contributed by atoms with Crippen LogP contribution in [0.5, 0.6) is 0 Å². The topological polar surface area (TPSA) is 64.8 Å². The SMILES string of the molecule is O=c1[nH]c(-c2cccs2)nc2c1CCN(Cc1c(-c3ccccc3)[nH]c3ccccc13)C2. The summed E-state index contributed by atoms with van der Waals surface area (Å²) in [7, 11) is 0. The molecule has 0 unspecified atom stereocenters. The van der Waals surface area contributed by atoms with Crippen molar-refractivity contribution in [2.24, 2.45) is 0 Å². The number of hydrogen-bond acceptors (Lipinski definition) is 4. The van der Waals surface area contributed by atoms with Gasteiger partial charge in [0, 0.05) is 36.1 Å². The lowest BCUT2D eigenvalue weighted by Crippen LogP contribution is -2.35. The second-order valence-corrected chi connectivity index (χ2v) is 9.12. The van der Waals surface area contributed by atoms with Crippen molar-refractivity contribution < 1.29 is 0 Å². The predicted octanol–water partition coefficient (Wildman–Crippen LogP) is 5.21. The molecule has 0 atom stereocenters. The van der Waals surface area contributed by atoms with E-state index < -0.39 is 0 Å². The van der Waals surface area contributed by atoms with E-state index in [-0.39, 0.29) is 5.56 Å². The molecule has 6 rings (SSSR count). The second kappa shape index (κ2) is 7.89. The van der Waals surface area contributed by atoms with Crippen molar-refractivity contribution in [3.05, 3.63) is 99.3 Å². The number of nitrogens with zero attached hydrogens (tertiary/aromatic N) is 2. The van der Waals surface area contributed by atoms with E-state index in [9.17, 15) is 4.79 Å². The summed E-state index contributed by atoms with van der Waals surface area (Å²) < 4.78 is 0. The molecule has 4 heterocycles. The molecule has 0 aliphatic carbocycles. The Hall–Kier alpha value is -3.48. The van der Waals surface area contributed by atoms with E-state index in [1.165, 1.54) is 16.5 Å². The second-order valence-electron chi connectivity index (χ2n) is 8.17. The Morgan fingerprint density at radius 2 is 1.81 bits per heavy atom. The minimum Gasteiger partial charge on any atom is -0.354 e. The number of thiophene rings is 1. The number of nitrogens with one attached hydrogen (secondary N) is 2. The predicted molar refractivity (Wildman–Crippen MR) is 130 cm³/mol. The first-order chi connectivity index (χ1) is 15.8. The van der Waals surface area contributed by atoms with Gasteiger partial charge in [0.2, 0.25) is 0 Å². The lowest BCUT2D eigenvalue weighted by molar-refractivity contribution is 0.242. The van der Waals surface area contributed by atoms with Crippen molar-refractivity contribution in [2.45, 2.75) is 19.5 Å². The summed E-state index contributed by atoms with van der Waals surface area (Å²) in [5, 5.41) is 3.25. The van der Waals surface area contributed by atoms with Crippen LogP contribution in [0.2, 0.25) is 0 Å². The van der Waals surface area contributed by atoms with Gasteiger partial charge in [0.15, 0.2) is 5.82 Å². The highest BCUT2D eigenvalue weighted by atomic mass is 32.1. The number of aromatic amines is 2. The van der Waals surface area contributed by atoms with Crippen LogP contribution in [-0.4, -0.2) is 26.4 Å². The molecule has 0 saturated heterocycles. The molecule has 0 saturated carbocycles. The largest absolute Gasteiger partial charge is 0.354 e. The first-order valence-corrected chi connectivity index (χ1v) is 11.7. The van der Waals surface area contributed by atoms with Crippen molar-refractivity contribution >= 4 is 22.2 Å². The van der Waals surface area contributed by atoms with Gasteiger partial charge in [-0.05, 0) is 35.1 Å². The molecule has 0 radical (unpaired) electrons. The first kappa shape index (κ1) is 19.2. The van der Waals surface area contributed by atoms with Gasteiger partial charge in [-0.1, -0.05) is 54.6 Å². The number of aromatic nitrogens is 3. The van der Waals surface area contributed by atoms with Gasteiger partial charge < -0.3 is 9.97 Å². The Bertz CT molecular complexity index is 1450. The highest BCUT2D eigenvalue weighted by molar-refractivity contribution is 7.13. The molecule has 3 aromatic heterocycles. The van der Waals surface area contributed by atoms with Crippen LogP contribution in [0.1, 0.15) is 16.8 Å². The van der Waals surface area contributed by atoms with E-state index >= 15 is 0 Å². The molecule has 1 aliphatic heterocycles. The molecule has 6 heteroatoms. The zero-order valence-corrected chi connectivity index (χ0v) is 18.3. The fourth-order valence-corrected chi connectivity index (χ4v) is 5.27. The van der Waals surface area contributed by atoms with Crippen LogP contribution >= 0.6 is 11.3 Å². The number of benzene rings is 2. The Balaban J connectivity index is 1.37. The van der Waals surface area contributed by atoms with Crippen LogP contribution < -0.4 is 5.56 Å². The molecule has 1 aliphatic rings. The summed E-state index contributed by atoms with van der Waals surface area (Å²) in [5.74, 6) is 0.669. The molecule has 158 valence electrons. The van der Waals surface area contributed by atoms with E-state index in [1.54, 1.807) is 11.3 Å². The molecule has 5 aromatic rings.